The van der Waals surface area contributed by atoms with Crippen molar-refractivity contribution in [3.63, 3.8) is 0 Å². The third kappa shape index (κ3) is 3.03. The molecule has 0 saturated carbocycles. The third-order valence-electron chi connectivity index (χ3n) is 2.39. The van der Waals surface area contributed by atoms with Gasteiger partial charge >= 0.3 is 7.12 Å². The molecule has 0 amide bonds. The highest BCUT2D eigenvalue weighted by Gasteiger charge is 2.16. The fourth-order valence-electron chi connectivity index (χ4n) is 1.50. The van der Waals surface area contributed by atoms with Gasteiger partial charge in [-0.05, 0) is 23.2 Å². The predicted molar refractivity (Wildman–Crippen MR) is 68.8 cm³/mol. The molecule has 0 unspecified atom stereocenters. The molecular formula is C10H12BN3O3S. The number of H-pyrrole nitrogens is 1. The van der Waals surface area contributed by atoms with Gasteiger partial charge in [-0.1, -0.05) is 17.8 Å². The van der Waals surface area contributed by atoms with Gasteiger partial charge in [-0.3, -0.25) is 5.10 Å². The van der Waals surface area contributed by atoms with Gasteiger partial charge in [-0.2, -0.15) is 5.10 Å². The molecule has 1 heterocycles. The minimum absolute atomic E-state index is 0.461. The van der Waals surface area contributed by atoms with Crippen molar-refractivity contribution in [3.8, 4) is 5.75 Å². The first-order chi connectivity index (χ1) is 8.70. The van der Waals surface area contributed by atoms with Crippen molar-refractivity contribution in [2.45, 2.75) is 10.9 Å². The second-order valence-corrected chi connectivity index (χ2v) is 4.48. The number of ether oxygens (including phenoxy) is 1. The fourth-order valence-corrected chi connectivity index (χ4v) is 2.28. The van der Waals surface area contributed by atoms with Crippen LogP contribution in [0.15, 0.2) is 29.7 Å². The molecule has 2 rings (SSSR count). The summed E-state index contributed by atoms with van der Waals surface area (Å²) in [5.74, 6) is 1.21. The molecule has 94 valence electrons. The highest BCUT2D eigenvalue weighted by molar-refractivity contribution is 7.98. The van der Waals surface area contributed by atoms with Crippen LogP contribution >= 0.6 is 11.8 Å². The number of thioether (sulfide) groups is 1. The second-order valence-electron chi connectivity index (χ2n) is 3.52. The van der Waals surface area contributed by atoms with Crippen LogP contribution in [-0.2, 0) is 5.75 Å². The number of nitrogens with zero attached hydrogens (tertiary/aromatic N) is 2. The number of methoxy groups -OCH3 is 1. The van der Waals surface area contributed by atoms with Crippen LogP contribution < -0.4 is 10.2 Å². The molecule has 1 aromatic heterocycles. The minimum atomic E-state index is -1.50. The molecule has 8 heteroatoms. The zero-order valence-electron chi connectivity index (χ0n) is 9.70. The van der Waals surface area contributed by atoms with Crippen LogP contribution in [0.4, 0.5) is 0 Å². The summed E-state index contributed by atoms with van der Waals surface area (Å²) in [4.78, 5) is 3.99. The van der Waals surface area contributed by atoms with E-state index in [4.69, 9.17) is 4.74 Å². The summed E-state index contributed by atoms with van der Waals surface area (Å²) in [5.41, 5.74) is 1.24. The minimum Gasteiger partial charge on any atom is -0.497 e. The lowest BCUT2D eigenvalue weighted by Crippen LogP contribution is -2.32. The van der Waals surface area contributed by atoms with Crippen molar-refractivity contribution in [1.29, 1.82) is 0 Å². The van der Waals surface area contributed by atoms with E-state index in [0.717, 1.165) is 5.56 Å². The molecule has 0 spiro atoms. The van der Waals surface area contributed by atoms with Gasteiger partial charge in [0.1, 0.15) is 12.1 Å². The maximum Gasteiger partial charge on any atom is 0.488 e. The number of aromatic nitrogens is 3. The number of hydrogen-bond donors (Lipinski definition) is 3. The van der Waals surface area contributed by atoms with Gasteiger partial charge in [-0.15, -0.1) is 0 Å². The maximum absolute atomic E-state index is 9.30. The lowest BCUT2D eigenvalue weighted by molar-refractivity contribution is 0.413. The Morgan fingerprint density at radius 1 is 1.44 bits per heavy atom. The Labute approximate surface area is 109 Å². The Bertz CT molecular complexity index is 507. The van der Waals surface area contributed by atoms with E-state index in [1.165, 1.54) is 18.1 Å². The van der Waals surface area contributed by atoms with Crippen LogP contribution in [0.5, 0.6) is 5.75 Å². The van der Waals surface area contributed by atoms with Crippen molar-refractivity contribution in [2.24, 2.45) is 0 Å². The average Bonchev–Trinajstić information content (AvgIpc) is 2.88. The summed E-state index contributed by atoms with van der Waals surface area (Å²) in [6.07, 6.45) is 1.43. The zero-order chi connectivity index (χ0) is 13.0. The van der Waals surface area contributed by atoms with Crippen LogP contribution in [-0.4, -0.2) is 39.5 Å². The van der Waals surface area contributed by atoms with Crippen LogP contribution in [0.25, 0.3) is 0 Å². The summed E-state index contributed by atoms with van der Waals surface area (Å²) >= 11 is 1.42. The van der Waals surface area contributed by atoms with Gasteiger partial charge in [0.15, 0.2) is 5.16 Å². The lowest BCUT2D eigenvalue weighted by atomic mass is 9.77. The molecule has 0 aliphatic heterocycles. The van der Waals surface area contributed by atoms with E-state index in [-0.39, 0.29) is 0 Å². The highest BCUT2D eigenvalue weighted by atomic mass is 32.2. The number of hydrogen-bond acceptors (Lipinski definition) is 6. The van der Waals surface area contributed by atoms with E-state index >= 15 is 0 Å². The summed E-state index contributed by atoms with van der Waals surface area (Å²) in [6, 6.07) is 5.11. The van der Waals surface area contributed by atoms with Crippen LogP contribution in [0.3, 0.4) is 0 Å². The summed E-state index contributed by atoms with van der Waals surface area (Å²) < 4.78 is 5.12. The van der Waals surface area contributed by atoms with Crippen LogP contribution in [0.1, 0.15) is 5.56 Å². The van der Waals surface area contributed by atoms with Crippen molar-refractivity contribution in [2.75, 3.05) is 7.11 Å². The molecule has 0 bridgehead atoms. The molecule has 0 aliphatic rings. The van der Waals surface area contributed by atoms with E-state index < -0.39 is 7.12 Å². The predicted octanol–water partition coefficient (Wildman–Crippen LogP) is -0.215. The van der Waals surface area contributed by atoms with Gasteiger partial charge in [-0.25, -0.2) is 4.98 Å². The van der Waals surface area contributed by atoms with E-state index in [2.05, 4.69) is 15.2 Å². The first-order valence-corrected chi connectivity index (χ1v) is 6.20. The molecule has 2 aromatic rings. The quantitative estimate of drug-likeness (QED) is 0.511. The number of aromatic amines is 1. The van der Waals surface area contributed by atoms with E-state index in [1.54, 1.807) is 25.3 Å². The molecule has 0 atom stereocenters. The second kappa shape index (κ2) is 5.90. The Morgan fingerprint density at radius 2 is 2.28 bits per heavy atom. The molecule has 0 fully saturated rings. The van der Waals surface area contributed by atoms with Crippen molar-refractivity contribution in [3.05, 3.63) is 30.1 Å². The number of nitrogens with one attached hydrogen (secondary N) is 1. The van der Waals surface area contributed by atoms with Crippen molar-refractivity contribution < 1.29 is 14.8 Å². The average molecular weight is 265 g/mol. The van der Waals surface area contributed by atoms with Gasteiger partial charge < -0.3 is 14.8 Å². The van der Waals surface area contributed by atoms with Gasteiger partial charge in [0.2, 0.25) is 0 Å². The normalized spacial score (nSPS) is 10.4. The standard InChI is InChI=1S/C10H12BN3O3S/c1-17-8-2-3-9(11(15)16)7(4-8)5-18-10-12-6-13-14-10/h2-4,6,15-16H,5H2,1H3,(H,12,13,14). The lowest BCUT2D eigenvalue weighted by Gasteiger charge is -2.10. The topological polar surface area (TPSA) is 91.3 Å². The zero-order valence-corrected chi connectivity index (χ0v) is 10.5. The SMILES string of the molecule is COc1ccc(B(O)O)c(CSc2ncn[nH]2)c1. The molecule has 18 heavy (non-hydrogen) atoms. The van der Waals surface area contributed by atoms with Gasteiger partial charge in [0.05, 0.1) is 7.11 Å². The Balaban J connectivity index is 2.18. The smallest absolute Gasteiger partial charge is 0.488 e. The molecule has 0 saturated heterocycles. The molecule has 3 N–H and O–H groups in total. The largest absolute Gasteiger partial charge is 0.497 e. The van der Waals surface area contributed by atoms with E-state index in [9.17, 15) is 10.0 Å². The van der Waals surface area contributed by atoms with E-state index in [0.29, 0.717) is 22.1 Å². The summed E-state index contributed by atoms with van der Waals surface area (Å²) in [6.45, 7) is 0. The fraction of sp³-hybridized carbons (Fsp3) is 0.200. The number of rotatable bonds is 5. The Kier molecular flexibility index (Phi) is 4.24. The molecule has 6 nitrogen and oxygen atoms in total. The van der Waals surface area contributed by atoms with Gasteiger partial charge in [0, 0.05) is 5.75 Å². The molecule has 0 radical (unpaired) electrons. The Hall–Kier alpha value is -1.51. The van der Waals surface area contributed by atoms with Crippen molar-refractivity contribution >= 4 is 24.3 Å². The first-order valence-electron chi connectivity index (χ1n) is 5.22. The monoisotopic (exact) mass is 265 g/mol. The number of benzene rings is 1. The van der Waals surface area contributed by atoms with Crippen molar-refractivity contribution in [1.82, 2.24) is 15.2 Å². The van der Waals surface area contributed by atoms with Crippen LogP contribution in [0, 0.1) is 0 Å². The third-order valence-corrected chi connectivity index (χ3v) is 3.31. The van der Waals surface area contributed by atoms with Crippen LogP contribution in [0.2, 0.25) is 0 Å². The first kappa shape index (κ1) is 12.9. The summed E-state index contributed by atoms with van der Waals surface area (Å²) in [7, 11) is 0.0684. The molecule has 1 aromatic carbocycles. The molecule has 0 aliphatic carbocycles. The highest BCUT2D eigenvalue weighted by Crippen LogP contribution is 2.20. The maximum atomic E-state index is 9.30. The van der Waals surface area contributed by atoms with Gasteiger partial charge in [0.25, 0.3) is 0 Å². The molecular weight excluding hydrogens is 253 g/mol. The van der Waals surface area contributed by atoms with E-state index in [1.807, 2.05) is 0 Å². The Morgan fingerprint density at radius 3 is 2.89 bits per heavy atom. The summed E-state index contributed by atoms with van der Waals surface area (Å²) in [5, 5.41) is 25.7.